The fourth-order valence-electron chi connectivity index (χ4n) is 9.81. The molecule has 0 aliphatic rings. The molecule has 0 aromatic heterocycles. The van der Waals surface area contributed by atoms with Gasteiger partial charge in [-0.25, -0.2) is 9.13 Å². The molecule has 0 aliphatic carbocycles. The molecule has 5 atom stereocenters. The first-order chi connectivity index (χ1) is 44.7. The zero-order valence-electron chi connectivity index (χ0n) is 58.2. The number of allylic oxidation sites excluding steroid dienone is 10. The van der Waals surface area contributed by atoms with Crippen LogP contribution >= 0.6 is 15.6 Å². The monoisotopic (exact) mass is 1340 g/mol. The normalized spacial score (nSPS) is 14.4. The summed E-state index contributed by atoms with van der Waals surface area (Å²) in [5, 5.41) is 10.6. The lowest BCUT2D eigenvalue weighted by Gasteiger charge is -2.21. The maximum atomic E-state index is 13.0. The lowest BCUT2D eigenvalue weighted by Crippen LogP contribution is -2.30. The molecule has 0 aliphatic heterocycles. The summed E-state index contributed by atoms with van der Waals surface area (Å²) in [5.74, 6) is -2.19. The van der Waals surface area contributed by atoms with Gasteiger partial charge in [0.05, 0.1) is 26.4 Å². The van der Waals surface area contributed by atoms with Crippen LogP contribution in [0.25, 0.3) is 0 Å². The standard InChI is InChI=1S/C73H132O17P2/c1-5-9-13-17-21-25-29-32-33-36-39-42-46-50-54-58-71(76)84-63-68(89-72(77)59-55-51-47-43-37-28-24-20-16-12-8-4)65-87-91(79,80)85-61-67(74)62-86-92(81,82)88-66-69(90-73(78)60-56-52-48-44-40-35-31-27-23-19-15-11-7-3)64-83-70(75)57-53-49-45-41-38-34-30-26-22-18-14-10-6-2/h14-15,18-20,24,26-27,30-31,67-69,74H,5-13,16-17,21-23,25,28-29,32-66H2,1-4H3,(H,79,80)(H,81,82)/b18-14-,19-15-,24-20-,30-26-,31-27-. The molecule has 0 amide bonds. The Bertz CT molecular complexity index is 1990. The van der Waals surface area contributed by atoms with E-state index in [1.165, 1.54) is 83.5 Å². The molecule has 0 saturated carbocycles. The highest BCUT2D eigenvalue weighted by Gasteiger charge is 2.30. The Hall–Kier alpha value is -3.24. The van der Waals surface area contributed by atoms with Crippen molar-refractivity contribution in [1.29, 1.82) is 0 Å². The molecule has 0 radical (unpaired) electrons. The summed E-state index contributed by atoms with van der Waals surface area (Å²) >= 11 is 0. The first-order valence-electron chi connectivity index (χ1n) is 36.5. The molecule has 3 N–H and O–H groups in total. The van der Waals surface area contributed by atoms with Crippen LogP contribution in [0.1, 0.15) is 323 Å². The van der Waals surface area contributed by atoms with Crippen LogP contribution in [0.15, 0.2) is 60.8 Å². The number of carbonyl (C=O) groups is 4. The van der Waals surface area contributed by atoms with E-state index in [0.29, 0.717) is 25.7 Å². The van der Waals surface area contributed by atoms with Crippen molar-refractivity contribution in [3.05, 3.63) is 60.8 Å². The molecule has 5 unspecified atom stereocenters. The minimum atomic E-state index is -4.97. The molecular formula is C73H132O17P2. The maximum absolute atomic E-state index is 13.0. The third-order valence-corrected chi connectivity index (χ3v) is 17.3. The Morgan fingerprint density at radius 1 is 0.304 bits per heavy atom. The van der Waals surface area contributed by atoms with E-state index >= 15 is 0 Å². The van der Waals surface area contributed by atoms with Crippen molar-refractivity contribution in [2.24, 2.45) is 0 Å². The van der Waals surface area contributed by atoms with Crippen LogP contribution in [0.5, 0.6) is 0 Å². The predicted octanol–water partition coefficient (Wildman–Crippen LogP) is 20.3. The van der Waals surface area contributed by atoms with Crippen molar-refractivity contribution in [3.63, 3.8) is 0 Å². The zero-order valence-corrected chi connectivity index (χ0v) is 60.0. The molecule has 0 spiro atoms. The van der Waals surface area contributed by atoms with Crippen molar-refractivity contribution in [2.75, 3.05) is 39.6 Å². The number of esters is 4. The van der Waals surface area contributed by atoms with E-state index < -0.39 is 97.5 Å². The molecule has 536 valence electrons. The maximum Gasteiger partial charge on any atom is 0.472 e. The highest BCUT2D eigenvalue weighted by Crippen LogP contribution is 2.45. The smallest absolute Gasteiger partial charge is 0.462 e. The van der Waals surface area contributed by atoms with Gasteiger partial charge in [-0.1, -0.05) is 262 Å². The largest absolute Gasteiger partial charge is 0.472 e. The number of aliphatic hydroxyl groups excluding tert-OH is 1. The van der Waals surface area contributed by atoms with Gasteiger partial charge in [-0.3, -0.25) is 37.3 Å². The summed E-state index contributed by atoms with van der Waals surface area (Å²) < 4.78 is 68.3. The molecule has 0 bridgehead atoms. The zero-order chi connectivity index (χ0) is 67.5. The van der Waals surface area contributed by atoms with Gasteiger partial charge in [-0.05, 0) is 96.3 Å². The van der Waals surface area contributed by atoms with Gasteiger partial charge < -0.3 is 33.8 Å². The number of ether oxygens (including phenoxy) is 4. The number of hydrogen-bond acceptors (Lipinski definition) is 15. The summed E-state index contributed by atoms with van der Waals surface area (Å²) in [7, 11) is -9.93. The minimum Gasteiger partial charge on any atom is -0.462 e. The van der Waals surface area contributed by atoms with E-state index in [-0.39, 0.29) is 25.7 Å². The summed E-state index contributed by atoms with van der Waals surface area (Å²) in [6.45, 7) is 4.69. The Balaban J connectivity index is 5.30. The molecule has 17 nitrogen and oxygen atoms in total. The van der Waals surface area contributed by atoms with Gasteiger partial charge in [-0.15, -0.1) is 0 Å². The number of aliphatic hydroxyl groups is 1. The number of rotatable bonds is 69. The van der Waals surface area contributed by atoms with E-state index in [4.69, 9.17) is 37.0 Å². The lowest BCUT2D eigenvalue weighted by molar-refractivity contribution is -0.161. The molecule has 0 aromatic rings. The van der Waals surface area contributed by atoms with Crippen LogP contribution in [0.2, 0.25) is 0 Å². The van der Waals surface area contributed by atoms with Crippen molar-refractivity contribution >= 4 is 39.5 Å². The van der Waals surface area contributed by atoms with Gasteiger partial charge in [0.25, 0.3) is 0 Å². The number of carbonyl (C=O) groups excluding carboxylic acids is 4. The van der Waals surface area contributed by atoms with Gasteiger partial charge in [0.15, 0.2) is 12.2 Å². The van der Waals surface area contributed by atoms with Crippen LogP contribution in [-0.2, 0) is 65.4 Å². The second-order valence-corrected chi connectivity index (χ2v) is 27.4. The van der Waals surface area contributed by atoms with Crippen LogP contribution < -0.4 is 0 Å². The van der Waals surface area contributed by atoms with Gasteiger partial charge in [-0.2, -0.15) is 0 Å². The first kappa shape index (κ1) is 88.8. The second-order valence-electron chi connectivity index (χ2n) is 24.5. The number of unbranched alkanes of at least 4 members (excludes halogenated alkanes) is 33. The number of phosphoric acid groups is 2. The average molecular weight is 1340 g/mol. The Morgan fingerprint density at radius 2 is 0.565 bits per heavy atom. The SMILES string of the molecule is CCC/C=C\C/C=C\CCCCCCCC(=O)OCC(COP(=O)(O)OCC(O)COP(=O)(O)OCC(COC(=O)CCCCCCCCCCCCCCCCC)OC(=O)CCCCCCC/C=C\CCCC)OC(=O)CCCCCCC/C=C\C/C=C\CCC. The van der Waals surface area contributed by atoms with Gasteiger partial charge in [0.2, 0.25) is 0 Å². The van der Waals surface area contributed by atoms with E-state index in [2.05, 4.69) is 88.5 Å². The topological polar surface area (TPSA) is 237 Å². The molecule has 0 rings (SSSR count). The molecule has 0 saturated heterocycles. The van der Waals surface area contributed by atoms with Crippen molar-refractivity contribution in [1.82, 2.24) is 0 Å². The molecule has 0 fully saturated rings. The first-order valence-corrected chi connectivity index (χ1v) is 39.5. The van der Waals surface area contributed by atoms with E-state index in [1.54, 1.807) is 0 Å². The third-order valence-electron chi connectivity index (χ3n) is 15.4. The van der Waals surface area contributed by atoms with Crippen LogP contribution in [0.3, 0.4) is 0 Å². The summed E-state index contributed by atoms with van der Waals surface area (Å²) in [6, 6.07) is 0. The van der Waals surface area contributed by atoms with Crippen molar-refractivity contribution < 1.29 is 80.2 Å². The Labute approximate surface area is 559 Å². The lowest BCUT2D eigenvalue weighted by atomic mass is 10.0. The van der Waals surface area contributed by atoms with Gasteiger partial charge in [0.1, 0.15) is 19.3 Å². The van der Waals surface area contributed by atoms with E-state index in [9.17, 15) is 43.2 Å². The minimum absolute atomic E-state index is 0.0784. The third kappa shape index (κ3) is 65.4. The fourth-order valence-corrected chi connectivity index (χ4v) is 11.4. The van der Waals surface area contributed by atoms with Crippen LogP contribution in [0, 0.1) is 0 Å². The predicted molar refractivity (Wildman–Crippen MR) is 372 cm³/mol. The van der Waals surface area contributed by atoms with Crippen LogP contribution in [-0.4, -0.2) is 96.7 Å². The highest BCUT2D eigenvalue weighted by atomic mass is 31.2. The van der Waals surface area contributed by atoms with E-state index in [0.717, 1.165) is 161 Å². The molecular weight excluding hydrogens is 1210 g/mol. The molecule has 0 aromatic carbocycles. The summed E-state index contributed by atoms with van der Waals surface area (Å²) in [6.07, 6.45) is 62.3. The molecule has 0 heterocycles. The Kier molecular flexibility index (Phi) is 64.0. The quantitative estimate of drug-likeness (QED) is 0.0169. The van der Waals surface area contributed by atoms with Crippen LogP contribution in [0.4, 0.5) is 0 Å². The van der Waals surface area contributed by atoms with E-state index in [1.807, 2.05) is 0 Å². The molecule has 92 heavy (non-hydrogen) atoms. The second kappa shape index (κ2) is 66.4. The number of hydrogen-bond donors (Lipinski definition) is 3. The Morgan fingerprint density at radius 3 is 0.891 bits per heavy atom. The van der Waals surface area contributed by atoms with Gasteiger partial charge in [0, 0.05) is 25.7 Å². The highest BCUT2D eigenvalue weighted by molar-refractivity contribution is 7.47. The van der Waals surface area contributed by atoms with Crippen molar-refractivity contribution in [2.45, 2.75) is 341 Å². The number of phosphoric ester groups is 2. The summed E-state index contributed by atoms with van der Waals surface area (Å²) in [5.41, 5.74) is 0. The van der Waals surface area contributed by atoms with Crippen molar-refractivity contribution in [3.8, 4) is 0 Å². The summed E-state index contributed by atoms with van der Waals surface area (Å²) in [4.78, 5) is 72.6. The fraction of sp³-hybridized carbons (Fsp3) is 0.808. The average Bonchev–Trinajstić information content (AvgIpc) is 3.33. The molecule has 19 heteroatoms. The van der Waals surface area contributed by atoms with Gasteiger partial charge >= 0.3 is 39.5 Å².